The third-order valence-corrected chi connectivity index (χ3v) is 3.49. The van der Waals surface area contributed by atoms with Gasteiger partial charge in [0, 0.05) is 6.42 Å². The van der Waals surface area contributed by atoms with Gasteiger partial charge in [-0.2, -0.15) is 4.98 Å². The molecule has 0 aliphatic heterocycles. The molecule has 0 aliphatic rings. The number of rotatable bonds is 10. The van der Waals surface area contributed by atoms with Gasteiger partial charge in [-0.05, 0) is 12.3 Å². The number of aryl methyl sites for hydroxylation is 1. The molecule has 1 heterocycles. The highest BCUT2D eigenvalue weighted by molar-refractivity contribution is 4.94. The summed E-state index contributed by atoms with van der Waals surface area (Å²) < 4.78 is 5.24. The second-order valence-corrected chi connectivity index (χ2v) is 5.69. The second kappa shape index (κ2) is 9.08. The van der Waals surface area contributed by atoms with Gasteiger partial charge < -0.3 is 10.3 Å². The zero-order valence-electron chi connectivity index (χ0n) is 12.7. The maximum absolute atomic E-state index is 5.99. The summed E-state index contributed by atoms with van der Waals surface area (Å²) in [5.41, 5.74) is 5.99. The highest BCUT2D eigenvalue weighted by Crippen LogP contribution is 2.16. The van der Waals surface area contributed by atoms with E-state index in [0.29, 0.717) is 11.7 Å². The monoisotopic (exact) mass is 267 g/mol. The first-order valence-corrected chi connectivity index (χ1v) is 7.73. The Hall–Kier alpha value is -0.900. The number of hydrogen-bond donors (Lipinski definition) is 1. The summed E-state index contributed by atoms with van der Waals surface area (Å²) in [6.45, 7) is 6.38. The van der Waals surface area contributed by atoms with Gasteiger partial charge in [-0.1, -0.05) is 64.5 Å². The standard InChI is InChI=1S/C15H29N3O/c1-4-5-6-7-8-9-10-11-13-17-15(18-19-13)14(16)12(2)3/h12,14H,4-11,16H2,1-3H3. The number of nitrogens with zero attached hydrogens (tertiary/aromatic N) is 2. The summed E-state index contributed by atoms with van der Waals surface area (Å²) in [7, 11) is 0. The molecule has 0 spiro atoms. The zero-order valence-corrected chi connectivity index (χ0v) is 12.7. The quantitative estimate of drug-likeness (QED) is 0.650. The lowest BCUT2D eigenvalue weighted by atomic mass is 10.1. The largest absolute Gasteiger partial charge is 0.339 e. The molecule has 0 saturated heterocycles. The first-order chi connectivity index (χ1) is 9.15. The van der Waals surface area contributed by atoms with Gasteiger partial charge in [0.2, 0.25) is 5.89 Å². The highest BCUT2D eigenvalue weighted by Gasteiger charge is 2.16. The average Bonchev–Trinajstić information content (AvgIpc) is 2.85. The van der Waals surface area contributed by atoms with Crippen molar-refractivity contribution < 1.29 is 4.52 Å². The van der Waals surface area contributed by atoms with Crippen molar-refractivity contribution in [3.05, 3.63) is 11.7 Å². The van der Waals surface area contributed by atoms with Crippen LogP contribution in [0.3, 0.4) is 0 Å². The van der Waals surface area contributed by atoms with Crippen molar-refractivity contribution in [3.63, 3.8) is 0 Å². The van der Waals surface area contributed by atoms with Crippen molar-refractivity contribution in [2.75, 3.05) is 0 Å². The van der Waals surface area contributed by atoms with Gasteiger partial charge in [0.1, 0.15) is 0 Å². The molecule has 4 heteroatoms. The Balaban J connectivity index is 2.16. The SMILES string of the molecule is CCCCCCCCCc1nc(C(N)C(C)C)no1. The van der Waals surface area contributed by atoms with Crippen molar-refractivity contribution in [3.8, 4) is 0 Å². The van der Waals surface area contributed by atoms with Crippen molar-refractivity contribution in [2.45, 2.75) is 78.2 Å². The minimum Gasteiger partial charge on any atom is -0.339 e. The molecule has 2 N–H and O–H groups in total. The normalized spacial score (nSPS) is 13.1. The van der Waals surface area contributed by atoms with Gasteiger partial charge in [0.25, 0.3) is 0 Å². The van der Waals surface area contributed by atoms with Gasteiger partial charge >= 0.3 is 0 Å². The molecule has 4 nitrogen and oxygen atoms in total. The maximum Gasteiger partial charge on any atom is 0.226 e. The average molecular weight is 267 g/mol. The molecule has 0 aromatic carbocycles. The Bertz CT molecular complexity index is 336. The summed E-state index contributed by atoms with van der Waals surface area (Å²) in [6.07, 6.45) is 9.95. The Morgan fingerprint density at radius 3 is 2.32 bits per heavy atom. The molecular weight excluding hydrogens is 238 g/mol. The topological polar surface area (TPSA) is 64.9 Å². The van der Waals surface area contributed by atoms with E-state index in [1.807, 2.05) is 0 Å². The molecule has 0 radical (unpaired) electrons. The Kier molecular flexibility index (Phi) is 7.72. The van der Waals surface area contributed by atoms with Crippen LogP contribution in [0, 0.1) is 5.92 Å². The predicted octanol–water partition coefficient (Wildman–Crippen LogP) is 4.02. The number of nitrogens with two attached hydrogens (primary N) is 1. The molecule has 1 rings (SSSR count). The van der Waals surface area contributed by atoms with E-state index in [4.69, 9.17) is 10.3 Å². The van der Waals surface area contributed by atoms with Crippen LogP contribution in [0.15, 0.2) is 4.52 Å². The van der Waals surface area contributed by atoms with E-state index >= 15 is 0 Å². The van der Waals surface area contributed by atoms with Crippen molar-refractivity contribution in [1.82, 2.24) is 10.1 Å². The lowest BCUT2D eigenvalue weighted by Crippen LogP contribution is -2.18. The fraction of sp³-hybridized carbons (Fsp3) is 0.867. The fourth-order valence-corrected chi connectivity index (χ4v) is 2.04. The molecule has 110 valence electrons. The minimum absolute atomic E-state index is 0.119. The molecule has 19 heavy (non-hydrogen) atoms. The van der Waals surface area contributed by atoms with E-state index in [9.17, 15) is 0 Å². The summed E-state index contributed by atoms with van der Waals surface area (Å²) in [6, 6.07) is -0.119. The van der Waals surface area contributed by atoms with Crippen LogP contribution in [0.4, 0.5) is 0 Å². The third kappa shape index (κ3) is 6.19. The van der Waals surface area contributed by atoms with Gasteiger partial charge in [-0.3, -0.25) is 0 Å². The smallest absolute Gasteiger partial charge is 0.226 e. The lowest BCUT2D eigenvalue weighted by Gasteiger charge is -2.09. The zero-order chi connectivity index (χ0) is 14.1. The van der Waals surface area contributed by atoms with Crippen molar-refractivity contribution in [1.29, 1.82) is 0 Å². The van der Waals surface area contributed by atoms with Crippen LogP contribution >= 0.6 is 0 Å². The van der Waals surface area contributed by atoms with Crippen LogP contribution in [0.2, 0.25) is 0 Å². The predicted molar refractivity (Wildman–Crippen MR) is 77.8 cm³/mol. The fourth-order valence-electron chi connectivity index (χ4n) is 2.04. The first-order valence-electron chi connectivity index (χ1n) is 7.73. The van der Waals surface area contributed by atoms with E-state index in [1.54, 1.807) is 0 Å². The van der Waals surface area contributed by atoms with Crippen LogP contribution < -0.4 is 5.73 Å². The van der Waals surface area contributed by atoms with E-state index in [1.165, 1.54) is 38.5 Å². The van der Waals surface area contributed by atoms with Gasteiger partial charge in [0.05, 0.1) is 6.04 Å². The lowest BCUT2D eigenvalue weighted by molar-refractivity contribution is 0.359. The Morgan fingerprint density at radius 2 is 1.68 bits per heavy atom. The summed E-state index contributed by atoms with van der Waals surface area (Å²) in [4.78, 5) is 4.38. The van der Waals surface area contributed by atoms with Gasteiger partial charge in [-0.25, -0.2) is 0 Å². The molecule has 0 saturated carbocycles. The van der Waals surface area contributed by atoms with E-state index in [2.05, 4.69) is 30.9 Å². The second-order valence-electron chi connectivity index (χ2n) is 5.69. The first kappa shape index (κ1) is 16.2. The van der Waals surface area contributed by atoms with Crippen LogP contribution in [0.5, 0.6) is 0 Å². The molecule has 0 bridgehead atoms. The van der Waals surface area contributed by atoms with Crippen LogP contribution in [-0.2, 0) is 6.42 Å². The molecule has 1 atom stereocenters. The van der Waals surface area contributed by atoms with Gasteiger partial charge in [0.15, 0.2) is 5.82 Å². The molecule has 0 aliphatic carbocycles. The molecular formula is C15H29N3O. The highest BCUT2D eigenvalue weighted by atomic mass is 16.5. The Morgan fingerprint density at radius 1 is 1.05 bits per heavy atom. The van der Waals surface area contributed by atoms with Crippen LogP contribution in [0.1, 0.15) is 83.5 Å². The molecule has 1 unspecified atom stereocenters. The van der Waals surface area contributed by atoms with E-state index < -0.39 is 0 Å². The minimum atomic E-state index is -0.119. The van der Waals surface area contributed by atoms with E-state index in [0.717, 1.165) is 18.7 Å². The number of hydrogen-bond acceptors (Lipinski definition) is 4. The molecule has 1 aromatic rings. The van der Waals surface area contributed by atoms with E-state index in [-0.39, 0.29) is 6.04 Å². The van der Waals surface area contributed by atoms with Crippen LogP contribution in [-0.4, -0.2) is 10.1 Å². The molecule has 1 aromatic heterocycles. The maximum atomic E-state index is 5.99. The van der Waals surface area contributed by atoms with Crippen molar-refractivity contribution in [2.24, 2.45) is 11.7 Å². The van der Waals surface area contributed by atoms with Crippen molar-refractivity contribution >= 4 is 0 Å². The Labute approximate surface area is 117 Å². The van der Waals surface area contributed by atoms with Crippen LogP contribution in [0.25, 0.3) is 0 Å². The summed E-state index contributed by atoms with van der Waals surface area (Å²) >= 11 is 0. The summed E-state index contributed by atoms with van der Waals surface area (Å²) in [5.74, 6) is 1.72. The number of unbranched alkanes of at least 4 members (excludes halogenated alkanes) is 6. The third-order valence-electron chi connectivity index (χ3n) is 3.49. The van der Waals surface area contributed by atoms with Gasteiger partial charge in [-0.15, -0.1) is 0 Å². The molecule has 0 amide bonds. The summed E-state index contributed by atoms with van der Waals surface area (Å²) in [5, 5.41) is 3.97. The number of aromatic nitrogens is 2. The molecule has 0 fully saturated rings.